The van der Waals surface area contributed by atoms with Gasteiger partial charge in [-0.1, -0.05) is 21.3 Å². The Hall–Kier alpha value is -0.120. The molecule has 0 aromatic heterocycles. The summed E-state index contributed by atoms with van der Waals surface area (Å²) in [5.41, 5.74) is 0. The lowest BCUT2D eigenvalue weighted by Crippen LogP contribution is -2.12. The Bertz CT molecular complexity index is 110. The molecule has 3 nitrogen and oxygen atoms in total. The molecular weight excluding hydrogens is 204 g/mol. The summed E-state index contributed by atoms with van der Waals surface area (Å²) in [5.74, 6) is 0.713. The molecule has 0 aliphatic carbocycles. The molecule has 0 aromatic rings. The molecule has 0 radical (unpaired) electrons. The van der Waals surface area contributed by atoms with E-state index in [-0.39, 0.29) is 13.5 Å². The lowest BCUT2D eigenvalue weighted by Gasteiger charge is -2.09. The van der Waals surface area contributed by atoms with E-state index < -0.39 is 0 Å². The molecule has 0 saturated heterocycles. The fourth-order valence-corrected chi connectivity index (χ4v) is 0.984. The van der Waals surface area contributed by atoms with E-state index in [1.807, 2.05) is 13.8 Å². The van der Waals surface area contributed by atoms with Crippen LogP contribution in [0.3, 0.4) is 0 Å². The standard InChI is InChI=1S/C12H26O3.CH4/c1-11(2)5-6-13-7-8-14-9-10-15-12(3)4;/h11-12H,5-10H2,1-4H3;1H4. The number of rotatable bonds is 10. The van der Waals surface area contributed by atoms with Gasteiger partial charge in [-0.05, 0) is 26.2 Å². The number of hydrogen-bond acceptors (Lipinski definition) is 3. The van der Waals surface area contributed by atoms with Gasteiger partial charge in [0.1, 0.15) is 0 Å². The predicted octanol–water partition coefficient (Wildman–Crippen LogP) is 3.13. The third kappa shape index (κ3) is 16.3. The van der Waals surface area contributed by atoms with Crippen LogP contribution in [0, 0.1) is 5.92 Å². The van der Waals surface area contributed by atoms with Crippen LogP contribution in [-0.2, 0) is 14.2 Å². The highest BCUT2D eigenvalue weighted by Crippen LogP contribution is 1.98. The van der Waals surface area contributed by atoms with Crippen LogP contribution in [0.5, 0.6) is 0 Å². The molecule has 100 valence electrons. The average molecular weight is 234 g/mol. The van der Waals surface area contributed by atoms with E-state index in [2.05, 4.69) is 13.8 Å². The van der Waals surface area contributed by atoms with Crippen molar-refractivity contribution < 1.29 is 14.2 Å². The molecule has 0 bridgehead atoms. The molecule has 0 amide bonds. The van der Waals surface area contributed by atoms with Gasteiger partial charge in [0.25, 0.3) is 0 Å². The Labute approximate surface area is 101 Å². The van der Waals surface area contributed by atoms with Crippen molar-refractivity contribution in [2.45, 2.75) is 47.6 Å². The van der Waals surface area contributed by atoms with E-state index >= 15 is 0 Å². The van der Waals surface area contributed by atoms with Crippen molar-refractivity contribution in [3.63, 3.8) is 0 Å². The minimum Gasteiger partial charge on any atom is -0.379 e. The first-order valence-corrected chi connectivity index (χ1v) is 5.90. The molecule has 0 saturated carbocycles. The zero-order valence-corrected chi connectivity index (χ0v) is 10.6. The Morgan fingerprint density at radius 3 is 1.75 bits per heavy atom. The Kier molecular flexibility index (Phi) is 14.8. The molecule has 0 atom stereocenters. The fraction of sp³-hybridized carbons (Fsp3) is 1.00. The molecule has 0 heterocycles. The van der Waals surface area contributed by atoms with Crippen molar-refractivity contribution in [3.05, 3.63) is 0 Å². The van der Waals surface area contributed by atoms with E-state index in [1.54, 1.807) is 0 Å². The smallest absolute Gasteiger partial charge is 0.0703 e. The molecule has 3 heteroatoms. The predicted molar refractivity (Wildman–Crippen MR) is 68.9 cm³/mol. The van der Waals surface area contributed by atoms with Gasteiger partial charge in [-0.25, -0.2) is 0 Å². The molecule has 0 aliphatic rings. The molecule has 0 rings (SSSR count). The highest BCUT2D eigenvalue weighted by atomic mass is 16.5. The van der Waals surface area contributed by atoms with Gasteiger partial charge in [0.15, 0.2) is 0 Å². The average Bonchev–Trinajstić information content (AvgIpc) is 2.14. The van der Waals surface area contributed by atoms with Gasteiger partial charge in [-0.15, -0.1) is 0 Å². The first-order valence-electron chi connectivity index (χ1n) is 5.90. The minimum atomic E-state index is 0. The summed E-state index contributed by atoms with van der Waals surface area (Å²) in [6, 6.07) is 0. The van der Waals surface area contributed by atoms with Crippen LogP contribution in [0.4, 0.5) is 0 Å². The Morgan fingerprint density at radius 2 is 1.25 bits per heavy atom. The summed E-state index contributed by atoms with van der Waals surface area (Å²) in [5, 5.41) is 0. The van der Waals surface area contributed by atoms with Gasteiger partial charge >= 0.3 is 0 Å². The molecule has 0 spiro atoms. The van der Waals surface area contributed by atoms with Crippen LogP contribution >= 0.6 is 0 Å². The van der Waals surface area contributed by atoms with Gasteiger partial charge in [0, 0.05) is 6.61 Å². The molecular formula is C13H30O3. The monoisotopic (exact) mass is 234 g/mol. The third-order valence-corrected chi connectivity index (χ3v) is 1.89. The highest BCUT2D eigenvalue weighted by molar-refractivity contribution is 4.42. The van der Waals surface area contributed by atoms with E-state index in [0.29, 0.717) is 32.3 Å². The maximum absolute atomic E-state index is 5.41. The van der Waals surface area contributed by atoms with Gasteiger partial charge < -0.3 is 14.2 Å². The molecule has 0 fully saturated rings. The van der Waals surface area contributed by atoms with Crippen LogP contribution in [-0.4, -0.2) is 39.1 Å². The molecule has 16 heavy (non-hydrogen) atoms. The topological polar surface area (TPSA) is 27.7 Å². The zero-order chi connectivity index (χ0) is 11.5. The van der Waals surface area contributed by atoms with Crippen molar-refractivity contribution in [2.75, 3.05) is 33.0 Å². The van der Waals surface area contributed by atoms with Crippen LogP contribution in [0.25, 0.3) is 0 Å². The van der Waals surface area contributed by atoms with Crippen molar-refractivity contribution in [3.8, 4) is 0 Å². The molecule has 0 N–H and O–H groups in total. The van der Waals surface area contributed by atoms with Crippen LogP contribution in [0.1, 0.15) is 41.5 Å². The fourth-order valence-electron chi connectivity index (χ4n) is 0.984. The van der Waals surface area contributed by atoms with Crippen molar-refractivity contribution in [2.24, 2.45) is 5.92 Å². The largest absolute Gasteiger partial charge is 0.379 e. The second kappa shape index (κ2) is 12.9. The molecule has 0 aromatic carbocycles. The summed E-state index contributed by atoms with van der Waals surface area (Å²) >= 11 is 0. The quantitative estimate of drug-likeness (QED) is 0.544. The summed E-state index contributed by atoms with van der Waals surface area (Å²) < 4.78 is 16.1. The molecule has 0 aliphatic heterocycles. The minimum absolute atomic E-state index is 0. The van der Waals surface area contributed by atoms with Gasteiger partial charge in [-0.3, -0.25) is 0 Å². The normalized spacial score (nSPS) is 10.9. The van der Waals surface area contributed by atoms with E-state index in [9.17, 15) is 0 Å². The van der Waals surface area contributed by atoms with Gasteiger partial charge in [0.2, 0.25) is 0 Å². The first kappa shape index (κ1) is 18.3. The summed E-state index contributed by atoms with van der Waals surface area (Å²) in [7, 11) is 0. The third-order valence-electron chi connectivity index (χ3n) is 1.89. The maximum atomic E-state index is 5.41. The lowest BCUT2D eigenvalue weighted by molar-refractivity contribution is -0.00251. The Morgan fingerprint density at radius 1 is 0.750 bits per heavy atom. The van der Waals surface area contributed by atoms with Crippen molar-refractivity contribution >= 4 is 0 Å². The van der Waals surface area contributed by atoms with Gasteiger partial charge in [0.05, 0.1) is 32.5 Å². The summed E-state index contributed by atoms with van der Waals surface area (Å²) in [4.78, 5) is 0. The summed E-state index contributed by atoms with van der Waals surface area (Å²) in [6.45, 7) is 12.0. The second-order valence-electron chi connectivity index (χ2n) is 4.33. The van der Waals surface area contributed by atoms with E-state index in [0.717, 1.165) is 13.0 Å². The highest BCUT2D eigenvalue weighted by Gasteiger charge is 1.95. The molecule has 0 unspecified atom stereocenters. The van der Waals surface area contributed by atoms with Crippen LogP contribution < -0.4 is 0 Å². The van der Waals surface area contributed by atoms with Crippen molar-refractivity contribution in [1.29, 1.82) is 0 Å². The second-order valence-corrected chi connectivity index (χ2v) is 4.33. The van der Waals surface area contributed by atoms with E-state index in [1.165, 1.54) is 0 Å². The van der Waals surface area contributed by atoms with Crippen LogP contribution in [0.15, 0.2) is 0 Å². The van der Waals surface area contributed by atoms with Crippen molar-refractivity contribution in [1.82, 2.24) is 0 Å². The van der Waals surface area contributed by atoms with E-state index in [4.69, 9.17) is 14.2 Å². The number of hydrogen-bond donors (Lipinski definition) is 0. The zero-order valence-electron chi connectivity index (χ0n) is 10.6. The number of ether oxygens (including phenoxy) is 3. The maximum Gasteiger partial charge on any atom is 0.0703 e. The first-order chi connectivity index (χ1) is 7.13. The van der Waals surface area contributed by atoms with Gasteiger partial charge in [-0.2, -0.15) is 0 Å². The lowest BCUT2D eigenvalue weighted by atomic mass is 10.1. The van der Waals surface area contributed by atoms with Crippen LogP contribution in [0.2, 0.25) is 0 Å². The Balaban J connectivity index is 0. The SMILES string of the molecule is C.CC(C)CCOCCOCCOC(C)C. The summed E-state index contributed by atoms with van der Waals surface area (Å²) in [6.07, 6.45) is 1.41.